The molecule has 2 rings (SSSR count). The highest BCUT2D eigenvalue weighted by Crippen LogP contribution is 2.21. The van der Waals surface area contributed by atoms with Crippen LogP contribution in [0.2, 0.25) is 0 Å². The van der Waals surface area contributed by atoms with Crippen molar-refractivity contribution in [3.63, 3.8) is 0 Å². The Morgan fingerprint density at radius 1 is 1.53 bits per heavy atom. The van der Waals surface area contributed by atoms with E-state index in [1.807, 2.05) is 12.1 Å². The lowest BCUT2D eigenvalue weighted by Crippen LogP contribution is -2.33. The quantitative estimate of drug-likeness (QED) is 0.789. The van der Waals surface area contributed by atoms with Crippen molar-refractivity contribution >= 4 is 11.6 Å². The third-order valence-corrected chi connectivity index (χ3v) is 2.88. The second-order valence-corrected chi connectivity index (χ2v) is 3.91. The van der Waals surface area contributed by atoms with Gasteiger partial charge in [0.1, 0.15) is 0 Å². The highest BCUT2D eigenvalue weighted by Gasteiger charge is 2.29. The summed E-state index contributed by atoms with van der Waals surface area (Å²) in [5.41, 5.74) is 7.92. The Hall–Kier alpha value is -1.35. The van der Waals surface area contributed by atoms with Crippen molar-refractivity contribution in [3.8, 4) is 0 Å². The first-order chi connectivity index (χ1) is 7.22. The molecular weight excluding hydrogens is 188 g/mol. The van der Waals surface area contributed by atoms with Crippen LogP contribution in [-0.2, 0) is 11.2 Å². The highest BCUT2D eigenvalue weighted by atomic mass is 16.2. The Balaban J connectivity index is 2.26. The summed E-state index contributed by atoms with van der Waals surface area (Å²) in [6, 6.07) is 7.79. The maximum Gasteiger partial charge on any atom is 0.243 e. The van der Waals surface area contributed by atoms with E-state index in [9.17, 15) is 4.79 Å². The molecule has 1 aromatic carbocycles. The zero-order valence-corrected chi connectivity index (χ0v) is 8.94. The minimum atomic E-state index is -0.310. The summed E-state index contributed by atoms with van der Waals surface area (Å²) in [5.74, 6) is 0.0447. The fourth-order valence-electron chi connectivity index (χ4n) is 1.90. The zero-order valence-electron chi connectivity index (χ0n) is 8.94. The number of nitrogens with zero attached hydrogens (tertiary/aromatic N) is 1. The van der Waals surface area contributed by atoms with Gasteiger partial charge in [-0.1, -0.05) is 19.1 Å². The molecule has 1 saturated heterocycles. The van der Waals surface area contributed by atoms with Gasteiger partial charge in [-0.3, -0.25) is 4.79 Å². The van der Waals surface area contributed by atoms with Crippen molar-refractivity contribution in [2.75, 3.05) is 11.4 Å². The van der Waals surface area contributed by atoms with Crippen molar-refractivity contribution in [1.29, 1.82) is 0 Å². The van der Waals surface area contributed by atoms with E-state index in [1.165, 1.54) is 5.56 Å². The SMILES string of the molecule is CCc1cccc(N2CCC(N)C2=O)c1. The molecule has 15 heavy (non-hydrogen) atoms. The lowest BCUT2D eigenvalue weighted by molar-refractivity contribution is -0.118. The molecule has 0 bridgehead atoms. The van der Waals surface area contributed by atoms with Crippen molar-refractivity contribution < 1.29 is 4.79 Å². The summed E-state index contributed by atoms with van der Waals surface area (Å²) in [6.07, 6.45) is 1.75. The Labute approximate surface area is 89.9 Å². The van der Waals surface area contributed by atoms with Crippen LogP contribution >= 0.6 is 0 Å². The second kappa shape index (κ2) is 4.03. The lowest BCUT2D eigenvalue weighted by atomic mass is 10.1. The minimum absolute atomic E-state index is 0.0447. The van der Waals surface area contributed by atoms with Crippen LogP contribution in [0.3, 0.4) is 0 Å². The number of anilines is 1. The summed E-state index contributed by atoms with van der Waals surface area (Å²) in [7, 11) is 0. The molecule has 1 atom stereocenters. The van der Waals surface area contributed by atoms with Gasteiger partial charge in [0.15, 0.2) is 0 Å². The molecular formula is C12H16N2O. The first-order valence-electron chi connectivity index (χ1n) is 5.38. The molecule has 0 saturated carbocycles. The third-order valence-electron chi connectivity index (χ3n) is 2.88. The van der Waals surface area contributed by atoms with Crippen LogP contribution < -0.4 is 10.6 Å². The number of carbonyl (C=O) groups is 1. The Kier molecular flexibility index (Phi) is 2.73. The summed E-state index contributed by atoms with van der Waals surface area (Å²) in [4.78, 5) is 13.5. The fraction of sp³-hybridized carbons (Fsp3) is 0.417. The molecule has 1 aromatic rings. The van der Waals surface area contributed by atoms with Crippen LogP contribution in [0.5, 0.6) is 0 Å². The molecule has 1 fully saturated rings. The van der Waals surface area contributed by atoms with Gasteiger partial charge in [-0.05, 0) is 30.5 Å². The fourth-order valence-corrected chi connectivity index (χ4v) is 1.90. The van der Waals surface area contributed by atoms with E-state index < -0.39 is 0 Å². The first kappa shape index (κ1) is 10.2. The monoisotopic (exact) mass is 204 g/mol. The molecule has 1 aliphatic heterocycles. The van der Waals surface area contributed by atoms with Crippen molar-refractivity contribution in [2.24, 2.45) is 5.73 Å². The van der Waals surface area contributed by atoms with Gasteiger partial charge < -0.3 is 10.6 Å². The molecule has 3 nitrogen and oxygen atoms in total. The topological polar surface area (TPSA) is 46.3 Å². The number of aryl methyl sites for hydroxylation is 1. The van der Waals surface area contributed by atoms with Crippen molar-refractivity contribution in [1.82, 2.24) is 0 Å². The predicted molar refractivity (Wildman–Crippen MR) is 60.8 cm³/mol. The Bertz CT molecular complexity index is 376. The minimum Gasteiger partial charge on any atom is -0.320 e. The molecule has 0 aliphatic carbocycles. The number of hydrogen-bond acceptors (Lipinski definition) is 2. The number of carbonyl (C=O) groups excluding carboxylic acids is 1. The average Bonchev–Trinajstić information content (AvgIpc) is 2.60. The van der Waals surface area contributed by atoms with Crippen LogP contribution in [0.15, 0.2) is 24.3 Å². The van der Waals surface area contributed by atoms with E-state index in [0.29, 0.717) is 0 Å². The van der Waals surface area contributed by atoms with Crippen LogP contribution in [0.4, 0.5) is 5.69 Å². The molecule has 80 valence electrons. The lowest BCUT2D eigenvalue weighted by Gasteiger charge is -2.16. The van der Waals surface area contributed by atoms with Crippen LogP contribution in [0.1, 0.15) is 18.9 Å². The van der Waals surface area contributed by atoms with Crippen LogP contribution in [0, 0.1) is 0 Å². The molecule has 0 spiro atoms. The van der Waals surface area contributed by atoms with Gasteiger partial charge in [0.25, 0.3) is 0 Å². The molecule has 1 amide bonds. The maximum absolute atomic E-state index is 11.7. The Morgan fingerprint density at radius 3 is 2.93 bits per heavy atom. The zero-order chi connectivity index (χ0) is 10.8. The molecule has 0 radical (unpaired) electrons. The van der Waals surface area contributed by atoms with Gasteiger partial charge in [0, 0.05) is 12.2 Å². The molecule has 1 unspecified atom stereocenters. The van der Waals surface area contributed by atoms with Gasteiger partial charge in [0.05, 0.1) is 6.04 Å². The predicted octanol–water partition coefficient (Wildman–Crippen LogP) is 1.31. The average molecular weight is 204 g/mol. The standard InChI is InChI=1S/C12H16N2O/c1-2-9-4-3-5-10(8-9)14-7-6-11(13)12(14)15/h3-5,8,11H,2,6-7,13H2,1H3. The van der Waals surface area contributed by atoms with Crippen molar-refractivity contribution in [3.05, 3.63) is 29.8 Å². The van der Waals surface area contributed by atoms with E-state index >= 15 is 0 Å². The third kappa shape index (κ3) is 1.88. The van der Waals surface area contributed by atoms with Gasteiger partial charge in [-0.15, -0.1) is 0 Å². The number of rotatable bonds is 2. The highest BCUT2D eigenvalue weighted by molar-refractivity contribution is 5.99. The maximum atomic E-state index is 11.7. The van der Waals surface area contributed by atoms with E-state index in [0.717, 1.165) is 25.1 Å². The molecule has 1 aliphatic rings. The summed E-state index contributed by atoms with van der Waals surface area (Å²) in [6.45, 7) is 2.85. The molecule has 1 heterocycles. The van der Waals surface area contributed by atoms with Gasteiger partial charge in [0.2, 0.25) is 5.91 Å². The van der Waals surface area contributed by atoms with Gasteiger partial charge in [-0.25, -0.2) is 0 Å². The second-order valence-electron chi connectivity index (χ2n) is 3.91. The van der Waals surface area contributed by atoms with Crippen LogP contribution in [-0.4, -0.2) is 18.5 Å². The summed E-state index contributed by atoms with van der Waals surface area (Å²) < 4.78 is 0. The Morgan fingerprint density at radius 2 is 2.33 bits per heavy atom. The van der Waals surface area contributed by atoms with Crippen LogP contribution in [0.25, 0.3) is 0 Å². The molecule has 3 heteroatoms. The molecule has 0 aromatic heterocycles. The van der Waals surface area contributed by atoms with Crippen molar-refractivity contribution in [2.45, 2.75) is 25.8 Å². The smallest absolute Gasteiger partial charge is 0.243 e. The van der Waals surface area contributed by atoms with E-state index in [-0.39, 0.29) is 11.9 Å². The number of nitrogens with two attached hydrogens (primary N) is 1. The van der Waals surface area contributed by atoms with Gasteiger partial charge in [-0.2, -0.15) is 0 Å². The normalized spacial score (nSPS) is 21.1. The largest absolute Gasteiger partial charge is 0.320 e. The van der Waals surface area contributed by atoms with Gasteiger partial charge >= 0.3 is 0 Å². The van der Waals surface area contributed by atoms with E-state index in [1.54, 1.807) is 4.90 Å². The number of hydrogen-bond donors (Lipinski definition) is 1. The summed E-state index contributed by atoms with van der Waals surface area (Å²) in [5, 5.41) is 0. The molecule has 2 N–H and O–H groups in total. The van der Waals surface area contributed by atoms with E-state index in [4.69, 9.17) is 5.73 Å². The first-order valence-corrected chi connectivity index (χ1v) is 5.38. The number of amides is 1. The van der Waals surface area contributed by atoms with E-state index in [2.05, 4.69) is 19.1 Å². The summed E-state index contributed by atoms with van der Waals surface area (Å²) >= 11 is 0. The number of benzene rings is 1.